The van der Waals surface area contributed by atoms with E-state index in [0.29, 0.717) is 16.3 Å². The van der Waals surface area contributed by atoms with Crippen LogP contribution >= 0.6 is 11.3 Å². The number of aromatic nitrogens is 1. The Hall–Kier alpha value is -3.06. The van der Waals surface area contributed by atoms with Crippen molar-refractivity contribution >= 4 is 28.8 Å². The molecular formula is C20H18FN3O2S. The molecule has 7 heteroatoms. The fraction of sp³-hybridized carbons (Fsp3) is 0.150. The molecule has 0 unspecified atom stereocenters. The van der Waals surface area contributed by atoms with Crippen LogP contribution in [0.5, 0.6) is 0 Å². The van der Waals surface area contributed by atoms with Crippen molar-refractivity contribution in [3.8, 4) is 10.6 Å². The molecule has 0 fully saturated rings. The zero-order chi connectivity index (χ0) is 19.4. The van der Waals surface area contributed by atoms with Crippen LogP contribution in [0.15, 0.2) is 54.6 Å². The Morgan fingerprint density at radius 1 is 1.11 bits per heavy atom. The number of nitrogens with zero attached hydrogens (tertiary/aromatic N) is 2. The Balaban J connectivity index is 1.95. The number of anilines is 1. The van der Waals surface area contributed by atoms with E-state index in [9.17, 15) is 14.0 Å². The molecule has 0 aliphatic heterocycles. The number of hydrogen-bond acceptors (Lipinski definition) is 4. The highest BCUT2D eigenvalue weighted by molar-refractivity contribution is 7.17. The van der Waals surface area contributed by atoms with Gasteiger partial charge in [-0.05, 0) is 31.2 Å². The molecule has 0 saturated heterocycles. The fourth-order valence-electron chi connectivity index (χ4n) is 2.61. The number of thiazole rings is 1. The highest BCUT2D eigenvalue weighted by Crippen LogP contribution is 2.30. The van der Waals surface area contributed by atoms with Gasteiger partial charge in [0.15, 0.2) is 0 Å². The van der Waals surface area contributed by atoms with Gasteiger partial charge in [-0.15, -0.1) is 11.3 Å². The first-order valence-electron chi connectivity index (χ1n) is 8.34. The smallest absolute Gasteiger partial charge is 0.270 e. The lowest BCUT2D eigenvalue weighted by Crippen LogP contribution is -2.34. The fourth-order valence-corrected chi connectivity index (χ4v) is 3.63. The molecule has 0 aliphatic rings. The first-order valence-corrected chi connectivity index (χ1v) is 9.16. The third kappa shape index (κ3) is 4.38. The zero-order valence-electron chi connectivity index (χ0n) is 14.7. The SMILES string of the molecule is Cc1nc(-c2ccccc2)sc1C(=O)N(CCC(N)=O)c1ccc(F)cc1. The molecule has 3 aromatic rings. The second-order valence-corrected chi connectivity index (χ2v) is 6.95. The van der Waals surface area contributed by atoms with Gasteiger partial charge in [0, 0.05) is 24.2 Å². The Morgan fingerprint density at radius 2 is 1.78 bits per heavy atom. The molecule has 0 bridgehead atoms. The van der Waals surface area contributed by atoms with Crippen LogP contribution in [0.2, 0.25) is 0 Å². The van der Waals surface area contributed by atoms with E-state index in [0.717, 1.165) is 10.6 Å². The minimum atomic E-state index is -0.513. The van der Waals surface area contributed by atoms with E-state index in [4.69, 9.17) is 5.73 Å². The summed E-state index contributed by atoms with van der Waals surface area (Å²) >= 11 is 1.29. The molecule has 0 saturated carbocycles. The molecule has 1 heterocycles. The van der Waals surface area contributed by atoms with Crippen LogP contribution in [-0.2, 0) is 4.79 Å². The normalized spacial score (nSPS) is 10.6. The second-order valence-electron chi connectivity index (χ2n) is 5.95. The van der Waals surface area contributed by atoms with Gasteiger partial charge in [-0.3, -0.25) is 9.59 Å². The summed E-state index contributed by atoms with van der Waals surface area (Å²) in [5.41, 5.74) is 7.27. The molecule has 1 aromatic heterocycles. The summed E-state index contributed by atoms with van der Waals surface area (Å²) in [5.74, 6) is -1.21. The van der Waals surface area contributed by atoms with E-state index in [1.807, 2.05) is 30.3 Å². The molecule has 3 rings (SSSR count). The van der Waals surface area contributed by atoms with Crippen LogP contribution < -0.4 is 10.6 Å². The van der Waals surface area contributed by atoms with E-state index in [1.54, 1.807) is 6.92 Å². The minimum Gasteiger partial charge on any atom is -0.370 e. The van der Waals surface area contributed by atoms with Crippen molar-refractivity contribution in [2.75, 3.05) is 11.4 Å². The number of carbonyl (C=O) groups excluding carboxylic acids is 2. The maximum Gasteiger partial charge on any atom is 0.270 e. The lowest BCUT2D eigenvalue weighted by Gasteiger charge is -2.22. The van der Waals surface area contributed by atoms with Gasteiger partial charge in [0.2, 0.25) is 5.91 Å². The molecule has 138 valence electrons. The molecule has 2 N–H and O–H groups in total. The van der Waals surface area contributed by atoms with Gasteiger partial charge in [0.1, 0.15) is 15.7 Å². The first kappa shape index (κ1) is 18.7. The first-order chi connectivity index (χ1) is 13.0. The number of benzene rings is 2. The number of carbonyl (C=O) groups is 2. The standard InChI is InChI=1S/C20H18FN3O2S/c1-13-18(27-19(23-13)14-5-3-2-4-6-14)20(26)24(12-11-17(22)25)16-9-7-15(21)8-10-16/h2-10H,11-12H2,1H3,(H2,22,25). The Labute approximate surface area is 160 Å². The van der Waals surface area contributed by atoms with Gasteiger partial charge in [-0.25, -0.2) is 9.37 Å². The lowest BCUT2D eigenvalue weighted by atomic mass is 10.2. The number of primary amides is 1. The highest BCUT2D eigenvalue weighted by atomic mass is 32.1. The third-order valence-electron chi connectivity index (χ3n) is 3.98. The predicted molar refractivity (Wildman–Crippen MR) is 104 cm³/mol. The molecule has 0 spiro atoms. The van der Waals surface area contributed by atoms with Crippen molar-refractivity contribution in [1.29, 1.82) is 0 Å². The minimum absolute atomic E-state index is 0.00646. The summed E-state index contributed by atoms with van der Waals surface area (Å²) in [6.07, 6.45) is 0.00646. The van der Waals surface area contributed by atoms with Crippen molar-refractivity contribution in [2.24, 2.45) is 5.73 Å². The summed E-state index contributed by atoms with van der Waals surface area (Å²) < 4.78 is 13.3. The van der Waals surface area contributed by atoms with E-state index >= 15 is 0 Å². The number of hydrogen-bond donors (Lipinski definition) is 1. The molecule has 0 atom stereocenters. The maximum atomic E-state index is 13.3. The Kier molecular flexibility index (Phi) is 5.61. The topological polar surface area (TPSA) is 76.3 Å². The average molecular weight is 383 g/mol. The third-order valence-corrected chi connectivity index (χ3v) is 5.17. The van der Waals surface area contributed by atoms with E-state index in [-0.39, 0.29) is 18.9 Å². The van der Waals surface area contributed by atoms with Crippen molar-refractivity contribution in [3.63, 3.8) is 0 Å². The quantitative estimate of drug-likeness (QED) is 0.704. The summed E-state index contributed by atoms with van der Waals surface area (Å²) in [7, 11) is 0. The molecule has 5 nitrogen and oxygen atoms in total. The maximum absolute atomic E-state index is 13.3. The monoisotopic (exact) mass is 383 g/mol. The van der Waals surface area contributed by atoms with E-state index in [1.165, 1.54) is 40.5 Å². The average Bonchev–Trinajstić information content (AvgIpc) is 3.05. The van der Waals surface area contributed by atoms with Gasteiger partial charge in [0.05, 0.1) is 5.69 Å². The van der Waals surface area contributed by atoms with Crippen molar-refractivity contribution in [3.05, 3.63) is 71.0 Å². The second kappa shape index (κ2) is 8.09. The van der Waals surface area contributed by atoms with Gasteiger partial charge >= 0.3 is 0 Å². The molecule has 27 heavy (non-hydrogen) atoms. The zero-order valence-corrected chi connectivity index (χ0v) is 15.5. The molecule has 2 aromatic carbocycles. The van der Waals surface area contributed by atoms with Gasteiger partial charge in [-0.2, -0.15) is 0 Å². The van der Waals surface area contributed by atoms with Crippen molar-refractivity contribution < 1.29 is 14.0 Å². The van der Waals surface area contributed by atoms with E-state index in [2.05, 4.69) is 4.98 Å². The number of amides is 2. The molecule has 0 radical (unpaired) electrons. The summed E-state index contributed by atoms with van der Waals surface area (Å²) in [6.45, 7) is 1.88. The van der Waals surface area contributed by atoms with Crippen LogP contribution in [-0.4, -0.2) is 23.3 Å². The van der Waals surface area contributed by atoms with Crippen LogP contribution in [0.3, 0.4) is 0 Å². The van der Waals surface area contributed by atoms with Crippen LogP contribution in [0.4, 0.5) is 10.1 Å². The lowest BCUT2D eigenvalue weighted by molar-refractivity contribution is -0.117. The number of halogens is 1. The highest BCUT2D eigenvalue weighted by Gasteiger charge is 2.23. The Bertz CT molecular complexity index is 955. The van der Waals surface area contributed by atoms with Crippen LogP contribution in [0, 0.1) is 12.7 Å². The summed E-state index contributed by atoms with van der Waals surface area (Å²) in [4.78, 5) is 30.8. The number of aryl methyl sites for hydroxylation is 1. The number of nitrogens with two attached hydrogens (primary N) is 1. The largest absolute Gasteiger partial charge is 0.370 e. The van der Waals surface area contributed by atoms with Crippen LogP contribution in [0.1, 0.15) is 21.8 Å². The Morgan fingerprint density at radius 3 is 2.41 bits per heavy atom. The molecule has 2 amide bonds. The molecular weight excluding hydrogens is 365 g/mol. The van der Waals surface area contributed by atoms with Gasteiger partial charge in [-0.1, -0.05) is 30.3 Å². The predicted octanol–water partition coefficient (Wildman–Crippen LogP) is 3.78. The number of rotatable bonds is 6. The van der Waals surface area contributed by atoms with Gasteiger partial charge < -0.3 is 10.6 Å². The van der Waals surface area contributed by atoms with E-state index < -0.39 is 11.7 Å². The summed E-state index contributed by atoms with van der Waals surface area (Å²) in [6, 6.07) is 15.1. The molecule has 0 aliphatic carbocycles. The van der Waals surface area contributed by atoms with Crippen molar-refractivity contribution in [2.45, 2.75) is 13.3 Å². The summed E-state index contributed by atoms with van der Waals surface area (Å²) in [5, 5.41) is 0.741. The van der Waals surface area contributed by atoms with Gasteiger partial charge in [0.25, 0.3) is 5.91 Å². The van der Waals surface area contributed by atoms with Crippen molar-refractivity contribution in [1.82, 2.24) is 4.98 Å². The van der Waals surface area contributed by atoms with Crippen LogP contribution in [0.25, 0.3) is 10.6 Å².